The first-order chi connectivity index (χ1) is 4.29. The molecule has 4 N–H and O–H groups in total. The fourth-order valence-electron chi connectivity index (χ4n) is 0.404. The average Bonchev–Trinajstić information content (AvgIpc) is 2.15. The summed E-state index contributed by atoms with van der Waals surface area (Å²) in [6.07, 6.45) is 2.76. The van der Waals surface area contributed by atoms with Gasteiger partial charge >= 0.3 is 0 Å². The molecule has 5 heteroatoms. The van der Waals surface area contributed by atoms with Crippen LogP contribution in [-0.2, 0) is 0 Å². The van der Waals surface area contributed by atoms with Crippen molar-refractivity contribution in [2.24, 2.45) is 16.5 Å². The van der Waals surface area contributed by atoms with Crippen LogP contribution in [0.5, 0.6) is 0 Å². The lowest BCUT2D eigenvalue weighted by Gasteiger charge is -1.83. The molecular formula is C4H6N4O. The SMILES string of the molecule is NC(N)=Nc1cnoc1. The summed E-state index contributed by atoms with van der Waals surface area (Å²) in [5, 5.41) is 3.38. The van der Waals surface area contributed by atoms with Gasteiger partial charge in [-0.1, -0.05) is 5.16 Å². The summed E-state index contributed by atoms with van der Waals surface area (Å²) >= 11 is 0. The average molecular weight is 126 g/mol. The van der Waals surface area contributed by atoms with Crippen LogP contribution in [-0.4, -0.2) is 11.1 Å². The molecule has 9 heavy (non-hydrogen) atoms. The highest BCUT2D eigenvalue weighted by atomic mass is 16.5. The summed E-state index contributed by atoms with van der Waals surface area (Å²) in [6, 6.07) is 0. The third kappa shape index (κ3) is 1.45. The summed E-state index contributed by atoms with van der Waals surface area (Å²) in [4.78, 5) is 3.64. The van der Waals surface area contributed by atoms with Crippen LogP contribution < -0.4 is 11.5 Å². The zero-order valence-corrected chi connectivity index (χ0v) is 4.61. The van der Waals surface area contributed by atoms with Gasteiger partial charge in [0.25, 0.3) is 0 Å². The van der Waals surface area contributed by atoms with Gasteiger partial charge in [0.1, 0.15) is 12.0 Å². The minimum Gasteiger partial charge on any atom is -0.370 e. The van der Waals surface area contributed by atoms with Gasteiger partial charge in [-0.15, -0.1) is 0 Å². The van der Waals surface area contributed by atoms with Crippen molar-refractivity contribution < 1.29 is 4.52 Å². The monoisotopic (exact) mass is 126 g/mol. The van der Waals surface area contributed by atoms with E-state index in [1.54, 1.807) is 0 Å². The fraction of sp³-hybridized carbons (Fsp3) is 0. The molecule has 0 aliphatic heterocycles. The Kier molecular flexibility index (Phi) is 1.35. The molecule has 0 atom stereocenters. The highest BCUT2D eigenvalue weighted by Gasteiger charge is 1.89. The van der Waals surface area contributed by atoms with Gasteiger partial charge in [0.15, 0.2) is 5.96 Å². The van der Waals surface area contributed by atoms with Crippen LogP contribution in [0, 0.1) is 0 Å². The lowest BCUT2D eigenvalue weighted by atomic mass is 10.6. The maximum atomic E-state index is 5.04. The molecule has 1 aromatic heterocycles. The standard InChI is InChI=1S/C4H6N4O/c5-4(6)8-3-1-7-9-2-3/h1-2H,(H4,5,6,8). The van der Waals surface area contributed by atoms with Gasteiger partial charge in [0.05, 0.1) is 6.20 Å². The van der Waals surface area contributed by atoms with Crippen molar-refractivity contribution in [2.45, 2.75) is 0 Å². The van der Waals surface area contributed by atoms with Gasteiger partial charge in [-0.25, -0.2) is 4.99 Å². The van der Waals surface area contributed by atoms with Crippen LogP contribution in [0.15, 0.2) is 22.0 Å². The third-order valence-electron chi connectivity index (χ3n) is 0.677. The Morgan fingerprint density at radius 1 is 1.67 bits per heavy atom. The molecule has 1 rings (SSSR count). The molecule has 0 amide bonds. The number of nitrogens with two attached hydrogens (primary N) is 2. The predicted molar refractivity (Wildman–Crippen MR) is 32.0 cm³/mol. The number of rotatable bonds is 1. The van der Waals surface area contributed by atoms with E-state index in [2.05, 4.69) is 14.7 Å². The second-order valence-corrected chi connectivity index (χ2v) is 1.42. The molecule has 5 nitrogen and oxygen atoms in total. The lowest BCUT2D eigenvalue weighted by molar-refractivity contribution is 0.420. The molecule has 0 saturated carbocycles. The van der Waals surface area contributed by atoms with Crippen molar-refractivity contribution in [3.8, 4) is 0 Å². The van der Waals surface area contributed by atoms with Gasteiger partial charge in [-0.05, 0) is 0 Å². The molecule has 0 bridgehead atoms. The van der Waals surface area contributed by atoms with Crippen LogP contribution in [0.25, 0.3) is 0 Å². The number of aliphatic imine (C=N–C) groups is 1. The lowest BCUT2D eigenvalue weighted by Crippen LogP contribution is -2.21. The molecule has 48 valence electrons. The number of guanidine groups is 1. The maximum Gasteiger partial charge on any atom is 0.191 e. The third-order valence-corrected chi connectivity index (χ3v) is 0.677. The Hall–Kier alpha value is -1.52. The minimum absolute atomic E-state index is 0.00167. The van der Waals surface area contributed by atoms with Crippen molar-refractivity contribution in [1.82, 2.24) is 5.16 Å². The fourth-order valence-corrected chi connectivity index (χ4v) is 0.404. The second-order valence-electron chi connectivity index (χ2n) is 1.42. The van der Waals surface area contributed by atoms with E-state index >= 15 is 0 Å². The van der Waals surface area contributed by atoms with Crippen LogP contribution in [0.4, 0.5) is 5.69 Å². The van der Waals surface area contributed by atoms with E-state index < -0.39 is 0 Å². The predicted octanol–water partition coefficient (Wildman–Crippen LogP) is -0.421. The molecule has 0 aliphatic carbocycles. The first-order valence-corrected chi connectivity index (χ1v) is 2.28. The first kappa shape index (κ1) is 5.61. The van der Waals surface area contributed by atoms with Crippen molar-refractivity contribution >= 4 is 11.6 Å². The van der Waals surface area contributed by atoms with E-state index in [0.29, 0.717) is 5.69 Å². The van der Waals surface area contributed by atoms with Gasteiger partial charge in [0.2, 0.25) is 0 Å². The summed E-state index contributed by atoms with van der Waals surface area (Å²) < 4.78 is 4.45. The zero-order valence-electron chi connectivity index (χ0n) is 4.61. The molecule has 1 heterocycles. The summed E-state index contributed by atoms with van der Waals surface area (Å²) in [7, 11) is 0. The Morgan fingerprint density at radius 2 is 2.44 bits per heavy atom. The van der Waals surface area contributed by atoms with Crippen molar-refractivity contribution in [3.63, 3.8) is 0 Å². The molecular weight excluding hydrogens is 120 g/mol. The highest BCUT2D eigenvalue weighted by molar-refractivity contribution is 5.78. The summed E-state index contributed by atoms with van der Waals surface area (Å²) in [5.41, 5.74) is 10.6. The van der Waals surface area contributed by atoms with Gasteiger partial charge in [-0.2, -0.15) is 0 Å². The van der Waals surface area contributed by atoms with E-state index in [9.17, 15) is 0 Å². The molecule has 0 saturated heterocycles. The Morgan fingerprint density at radius 3 is 2.89 bits per heavy atom. The molecule has 0 unspecified atom stereocenters. The second kappa shape index (κ2) is 2.17. The normalized spacial score (nSPS) is 8.89. The number of hydrogen-bond donors (Lipinski definition) is 2. The molecule has 0 aromatic carbocycles. The molecule has 0 fully saturated rings. The van der Waals surface area contributed by atoms with Gasteiger partial charge in [-0.3, -0.25) is 0 Å². The topological polar surface area (TPSA) is 90.4 Å². The van der Waals surface area contributed by atoms with E-state index in [1.807, 2.05) is 0 Å². The van der Waals surface area contributed by atoms with E-state index in [4.69, 9.17) is 11.5 Å². The smallest absolute Gasteiger partial charge is 0.191 e. The summed E-state index contributed by atoms with van der Waals surface area (Å²) in [5.74, 6) is -0.00167. The number of nitrogens with zero attached hydrogens (tertiary/aromatic N) is 2. The number of aromatic nitrogens is 1. The van der Waals surface area contributed by atoms with E-state index in [0.717, 1.165) is 0 Å². The first-order valence-electron chi connectivity index (χ1n) is 2.28. The van der Waals surface area contributed by atoms with E-state index in [1.165, 1.54) is 12.5 Å². The quantitative estimate of drug-likeness (QED) is 0.395. The molecule has 0 aliphatic rings. The van der Waals surface area contributed by atoms with Crippen LogP contribution in [0.3, 0.4) is 0 Å². The van der Waals surface area contributed by atoms with Gasteiger partial charge < -0.3 is 16.0 Å². The van der Waals surface area contributed by atoms with Crippen LogP contribution in [0.1, 0.15) is 0 Å². The van der Waals surface area contributed by atoms with E-state index in [-0.39, 0.29) is 5.96 Å². The molecule has 0 spiro atoms. The van der Waals surface area contributed by atoms with Crippen molar-refractivity contribution in [2.75, 3.05) is 0 Å². The Balaban J connectivity index is 2.80. The van der Waals surface area contributed by atoms with Crippen LogP contribution >= 0.6 is 0 Å². The molecule has 0 radical (unpaired) electrons. The molecule has 1 aromatic rings. The van der Waals surface area contributed by atoms with Crippen molar-refractivity contribution in [3.05, 3.63) is 12.5 Å². The largest absolute Gasteiger partial charge is 0.370 e. The summed E-state index contributed by atoms with van der Waals surface area (Å²) in [6.45, 7) is 0. The Labute approximate surface area is 51.3 Å². The number of hydrogen-bond acceptors (Lipinski definition) is 3. The van der Waals surface area contributed by atoms with Gasteiger partial charge in [0, 0.05) is 0 Å². The van der Waals surface area contributed by atoms with Crippen LogP contribution in [0.2, 0.25) is 0 Å². The minimum atomic E-state index is -0.00167. The Bertz CT molecular complexity index is 198. The maximum absolute atomic E-state index is 5.04. The van der Waals surface area contributed by atoms with Crippen molar-refractivity contribution in [1.29, 1.82) is 0 Å². The zero-order chi connectivity index (χ0) is 6.69. The highest BCUT2D eigenvalue weighted by Crippen LogP contribution is 2.06.